The first-order valence-electron chi connectivity index (χ1n) is 7.98. The first-order valence-corrected chi connectivity index (χ1v) is 7.98. The fourth-order valence-electron chi connectivity index (χ4n) is 3.07. The number of nitrogens with zero attached hydrogens (tertiary/aromatic N) is 1. The van der Waals surface area contributed by atoms with Crippen LogP contribution < -0.4 is 5.32 Å². The maximum atomic E-state index is 12.2. The van der Waals surface area contributed by atoms with Crippen LogP contribution in [0.3, 0.4) is 0 Å². The van der Waals surface area contributed by atoms with Crippen molar-refractivity contribution < 1.29 is 14.3 Å². The van der Waals surface area contributed by atoms with Gasteiger partial charge in [0.1, 0.15) is 6.04 Å². The second-order valence-electron chi connectivity index (χ2n) is 6.01. The summed E-state index contributed by atoms with van der Waals surface area (Å²) < 4.78 is 4.79. The second-order valence-corrected chi connectivity index (χ2v) is 6.01. The van der Waals surface area contributed by atoms with Crippen LogP contribution in [0.5, 0.6) is 0 Å². The van der Waals surface area contributed by atoms with Gasteiger partial charge in [-0.2, -0.15) is 5.26 Å². The van der Waals surface area contributed by atoms with Crippen molar-refractivity contribution in [3.8, 4) is 6.07 Å². The fourth-order valence-corrected chi connectivity index (χ4v) is 3.07. The van der Waals surface area contributed by atoms with E-state index >= 15 is 0 Å². The monoisotopic (exact) mass is 314 g/mol. The van der Waals surface area contributed by atoms with Gasteiger partial charge in [0, 0.05) is 12.8 Å². The Kier molecular flexibility index (Phi) is 6.16. The molecule has 0 bridgehead atoms. The minimum Gasteiger partial charge on any atom is -0.467 e. The molecule has 0 aromatic heterocycles. The summed E-state index contributed by atoms with van der Waals surface area (Å²) in [5.74, 6) is -0.147. The minimum absolute atomic E-state index is 0.108. The normalized spacial score (nSPS) is 15.7. The zero-order valence-corrected chi connectivity index (χ0v) is 13.4. The summed E-state index contributed by atoms with van der Waals surface area (Å²) in [6.45, 7) is 0. The Morgan fingerprint density at radius 2 is 2.13 bits per heavy atom. The van der Waals surface area contributed by atoms with Crippen molar-refractivity contribution in [1.82, 2.24) is 5.32 Å². The smallest absolute Gasteiger partial charge is 0.328 e. The number of amides is 1. The van der Waals surface area contributed by atoms with Crippen molar-refractivity contribution in [3.63, 3.8) is 0 Å². The maximum Gasteiger partial charge on any atom is 0.328 e. The lowest BCUT2D eigenvalue weighted by atomic mass is 10.0. The number of hydrogen-bond acceptors (Lipinski definition) is 4. The molecule has 1 aliphatic rings. The lowest BCUT2D eigenvalue weighted by molar-refractivity contribution is -0.145. The molecule has 0 saturated heterocycles. The molecule has 2 rings (SSSR count). The van der Waals surface area contributed by atoms with Gasteiger partial charge in [-0.3, -0.25) is 4.79 Å². The summed E-state index contributed by atoms with van der Waals surface area (Å²) in [7, 11) is 1.31. The summed E-state index contributed by atoms with van der Waals surface area (Å²) in [4.78, 5) is 24.1. The molecule has 1 saturated carbocycles. The predicted molar refractivity (Wildman–Crippen MR) is 85.4 cm³/mol. The van der Waals surface area contributed by atoms with Gasteiger partial charge >= 0.3 is 5.97 Å². The second kappa shape index (κ2) is 8.33. The van der Waals surface area contributed by atoms with Crippen molar-refractivity contribution in [2.24, 2.45) is 5.92 Å². The Morgan fingerprint density at radius 1 is 1.39 bits per heavy atom. The van der Waals surface area contributed by atoms with Crippen LogP contribution in [0.4, 0.5) is 0 Å². The van der Waals surface area contributed by atoms with Crippen molar-refractivity contribution in [3.05, 3.63) is 35.4 Å². The van der Waals surface area contributed by atoms with Crippen LogP contribution in [0.2, 0.25) is 0 Å². The van der Waals surface area contributed by atoms with Crippen LogP contribution in [0.1, 0.15) is 43.2 Å². The van der Waals surface area contributed by atoms with Gasteiger partial charge in [0.25, 0.3) is 0 Å². The van der Waals surface area contributed by atoms with Crippen LogP contribution in [-0.2, 0) is 20.7 Å². The average Bonchev–Trinajstić information content (AvgIpc) is 3.06. The zero-order valence-electron chi connectivity index (χ0n) is 13.4. The van der Waals surface area contributed by atoms with E-state index in [9.17, 15) is 9.59 Å². The van der Waals surface area contributed by atoms with E-state index in [0.29, 0.717) is 24.3 Å². The summed E-state index contributed by atoms with van der Waals surface area (Å²) in [6, 6.07) is 8.37. The van der Waals surface area contributed by atoms with E-state index < -0.39 is 12.0 Å². The predicted octanol–water partition coefficient (Wildman–Crippen LogP) is 2.34. The summed E-state index contributed by atoms with van der Waals surface area (Å²) in [5.41, 5.74) is 1.35. The molecule has 1 aromatic carbocycles. The maximum absolute atomic E-state index is 12.2. The van der Waals surface area contributed by atoms with Gasteiger partial charge in [-0.05, 0) is 36.5 Å². The van der Waals surface area contributed by atoms with Gasteiger partial charge < -0.3 is 10.1 Å². The van der Waals surface area contributed by atoms with Gasteiger partial charge in [0.05, 0.1) is 18.7 Å². The number of rotatable bonds is 6. The minimum atomic E-state index is -0.720. The van der Waals surface area contributed by atoms with Crippen LogP contribution >= 0.6 is 0 Å². The summed E-state index contributed by atoms with van der Waals surface area (Å²) in [6.07, 6.45) is 5.31. The highest BCUT2D eigenvalue weighted by atomic mass is 16.5. The Balaban J connectivity index is 1.99. The zero-order chi connectivity index (χ0) is 16.7. The molecular formula is C18H22N2O3. The topological polar surface area (TPSA) is 79.2 Å². The van der Waals surface area contributed by atoms with Crippen LogP contribution in [0, 0.1) is 17.2 Å². The Labute approximate surface area is 136 Å². The molecule has 0 heterocycles. The van der Waals surface area contributed by atoms with E-state index in [2.05, 4.69) is 11.4 Å². The number of carbonyl (C=O) groups excluding carboxylic acids is 2. The van der Waals surface area contributed by atoms with Gasteiger partial charge in [-0.25, -0.2) is 4.79 Å². The third-order valence-corrected chi connectivity index (χ3v) is 4.27. The third kappa shape index (κ3) is 5.10. The molecule has 0 aliphatic heterocycles. The van der Waals surface area contributed by atoms with Crippen molar-refractivity contribution in [1.29, 1.82) is 5.26 Å². The number of methoxy groups -OCH3 is 1. The highest BCUT2D eigenvalue weighted by Crippen LogP contribution is 2.27. The van der Waals surface area contributed by atoms with Gasteiger partial charge in [0.15, 0.2) is 0 Å². The molecule has 0 unspecified atom stereocenters. The molecule has 0 radical (unpaired) electrons. The van der Waals surface area contributed by atoms with Crippen molar-refractivity contribution in [2.45, 2.75) is 44.6 Å². The summed E-state index contributed by atoms with van der Waals surface area (Å²) >= 11 is 0. The highest BCUT2D eigenvalue weighted by Gasteiger charge is 2.24. The number of ether oxygens (including phenoxy) is 1. The molecule has 1 N–H and O–H groups in total. The van der Waals surface area contributed by atoms with E-state index in [1.165, 1.54) is 20.0 Å². The van der Waals surface area contributed by atoms with E-state index in [1.807, 2.05) is 6.07 Å². The first kappa shape index (κ1) is 17.0. The van der Waals surface area contributed by atoms with Crippen LogP contribution in [-0.4, -0.2) is 25.0 Å². The largest absolute Gasteiger partial charge is 0.467 e. The number of nitrogens with one attached hydrogen (secondary N) is 1. The van der Waals surface area contributed by atoms with E-state index in [1.54, 1.807) is 18.2 Å². The fraction of sp³-hybridized carbons (Fsp3) is 0.500. The quantitative estimate of drug-likeness (QED) is 0.817. The molecule has 5 heteroatoms. The molecule has 5 nitrogen and oxygen atoms in total. The van der Waals surface area contributed by atoms with E-state index in [0.717, 1.165) is 18.4 Å². The molecule has 1 amide bonds. The number of hydrogen-bond donors (Lipinski definition) is 1. The number of benzene rings is 1. The van der Waals surface area contributed by atoms with E-state index in [4.69, 9.17) is 10.00 Å². The molecule has 1 aliphatic carbocycles. The van der Waals surface area contributed by atoms with Crippen molar-refractivity contribution in [2.75, 3.05) is 7.11 Å². The Hall–Kier alpha value is -2.35. The summed E-state index contributed by atoms with van der Waals surface area (Å²) in [5, 5.41) is 11.7. The lowest BCUT2D eigenvalue weighted by Gasteiger charge is -2.18. The molecule has 122 valence electrons. The average molecular weight is 314 g/mol. The molecule has 1 aromatic rings. The van der Waals surface area contributed by atoms with Crippen LogP contribution in [0.25, 0.3) is 0 Å². The Bertz CT molecular complexity index is 601. The van der Waals surface area contributed by atoms with Gasteiger partial charge in [0.2, 0.25) is 5.91 Å². The van der Waals surface area contributed by atoms with Crippen molar-refractivity contribution >= 4 is 11.9 Å². The molecule has 23 heavy (non-hydrogen) atoms. The first-order chi connectivity index (χ1) is 11.1. The molecule has 0 spiro atoms. The lowest BCUT2D eigenvalue weighted by Crippen LogP contribution is -2.43. The number of esters is 1. The highest BCUT2D eigenvalue weighted by molar-refractivity contribution is 5.84. The molecule has 1 atom stereocenters. The third-order valence-electron chi connectivity index (χ3n) is 4.27. The van der Waals surface area contributed by atoms with E-state index in [-0.39, 0.29) is 5.91 Å². The molecular weight excluding hydrogens is 292 g/mol. The van der Waals surface area contributed by atoms with Crippen LogP contribution in [0.15, 0.2) is 24.3 Å². The van der Waals surface area contributed by atoms with Gasteiger partial charge in [-0.15, -0.1) is 0 Å². The number of nitriles is 1. The standard InChI is InChI=1S/C18H22N2O3/c1-23-18(22)16(10-14-7-4-8-15(9-14)12-19)20-17(21)11-13-5-2-3-6-13/h4,7-9,13,16H,2-3,5-6,10-11H2,1H3,(H,20,21)/t16-/m1/s1. The Morgan fingerprint density at radius 3 is 2.78 bits per heavy atom. The number of carbonyl (C=O) groups is 2. The van der Waals surface area contributed by atoms with Gasteiger partial charge in [-0.1, -0.05) is 25.0 Å². The SMILES string of the molecule is COC(=O)[C@@H](Cc1cccc(C#N)c1)NC(=O)CC1CCCC1. The molecule has 1 fully saturated rings.